The second-order valence-electron chi connectivity index (χ2n) is 6.71. The topological polar surface area (TPSA) is 68.3 Å². The van der Waals surface area contributed by atoms with Crippen LogP contribution in [-0.4, -0.2) is 35.8 Å². The number of ether oxygens (including phenoxy) is 2. The van der Waals surface area contributed by atoms with Crippen LogP contribution in [0.2, 0.25) is 0 Å². The van der Waals surface area contributed by atoms with E-state index in [0.29, 0.717) is 22.8 Å². The molecular weight excluding hydrogens is 386 g/mol. The maximum absolute atomic E-state index is 10.2. The summed E-state index contributed by atoms with van der Waals surface area (Å²) in [7, 11) is 3.25. The van der Waals surface area contributed by atoms with Crippen LogP contribution in [-0.2, 0) is 0 Å². The van der Waals surface area contributed by atoms with Gasteiger partial charge in [0.1, 0.15) is 17.2 Å². The summed E-state index contributed by atoms with van der Waals surface area (Å²) in [5, 5.41) is 17.0. The van der Waals surface area contributed by atoms with Crippen molar-refractivity contribution in [2.45, 2.75) is 26.8 Å². The van der Waals surface area contributed by atoms with E-state index in [1.54, 1.807) is 31.0 Å². The normalized spacial score (nSPS) is 12.5. The van der Waals surface area contributed by atoms with Crippen molar-refractivity contribution in [3.63, 3.8) is 0 Å². The van der Waals surface area contributed by atoms with Crippen LogP contribution in [0.15, 0.2) is 57.9 Å². The molecule has 6 nitrogen and oxygen atoms in total. The Morgan fingerprint density at radius 2 is 1.86 bits per heavy atom. The van der Waals surface area contributed by atoms with E-state index in [0.717, 1.165) is 16.1 Å². The van der Waals surface area contributed by atoms with Crippen molar-refractivity contribution in [3.05, 3.63) is 58.2 Å². The molecule has 0 aliphatic carbocycles. The maximum Gasteiger partial charge on any atom is 0.206 e. The fourth-order valence-electron chi connectivity index (χ4n) is 2.89. The first-order valence-corrected chi connectivity index (χ1v) is 10.1. The van der Waals surface area contributed by atoms with Crippen LogP contribution in [0.1, 0.15) is 26.3 Å². The van der Waals surface area contributed by atoms with Crippen molar-refractivity contribution in [2.75, 3.05) is 14.2 Å². The number of phenols is 1. The van der Waals surface area contributed by atoms with Crippen molar-refractivity contribution >= 4 is 17.0 Å². The van der Waals surface area contributed by atoms with Crippen molar-refractivity contribution in [2.24, 2.45) is 10.1 Å². The summed E-state index contributed by atoms with van der Waals surface area (Å²) in [5.74, 6) is 1.59. The molecule has 0 spiro atoms. The Morgan fingerprint density at radius 1 is 1.10 bits per heavy atom. The molecule has 1 aromatic heterocycles. The molecule has 0 unspecified atom stereocenters. The second kappa shape index (κ2) is 8.96. The molecular formula is C22H25N3O3S. The molecule has 0 bridgehead atoms. The number of para-hydroxylation sites is 1. The van der Waals surface area contributed by atoms with Gasteiger partial charge in [-0.25, -0.2) is 4.68 Å². The van der Waals surface area contributed by atoms with Gasteiger partial charge < -0.3 is 14.6 Å². The zero-order valence-corrected chi connectivity index (χ0v) is 18.0. The molecule has 3 aromatic rings. The lowest BCUT2D eigenvalue weighted by molar-refractivity contribution is 0.395. The molecule has 0 saturated heterocycles. The van der Waals surface area contributed by atoms with Crippen LogP contribution in [0.4, 0.5) is 0 Å². The number of thiazole rings is 1. The molecule has 2 aromatic carbocycles. The van der Waals surface area contributed by atoms with E-state index >= 15 is 0 Å². The fourth-order valence-corrected chi connectivity index (χ4v) is 3.84. The highest BCUT2D eigenvalue weighted by atomic mass is 32.1. The largest absolute Gasteiger partial charge is 0.507 e. The Labute approximate surface area is 174 Å². The van der Waals surface area contributed by atoms with E-state index in [1.807, 2.05) is 56.5 Å². The molecule has 1 N–H and O–H groups in total. The fraction of sp³-hybridized carbons (Fsp3) is 0.273. The van der Waals surface area contributed by atoms with Crippen LogP contribution >= 0.6 is 11.3 Å². The molecule has 0 saturated carbocycles. The molecule has 0 aliphatic heterocycles. The quantitative estimate of drug-likeness (QED) is 0.607. The maximum atomic E-state index is 10.2. The molecule has 0 amide bonds. The summed E-state index contributed by atoms with van der Waals surface area (Å²) in [5.41, 5.74) is 3.09. The number of methoxy groups -OCH3 is 2. The average molecular weight is 412 g/mol. The second-order valence-corrected chi connectivity index (χ2v) is 7.54. The van der Waals surface area contributed by atoms with Crippen LogP contribution in [0.3, 0.4) is 0 Å². The van der Waals surface area contributed by atoms with Gasteiger partial charge in [0.2, 0.25) is 4.80 Å². The third kappa shape index (κ3) is 4.51. The third-order valence-electron chi connectivity index (χ3n) is 4.28. The van der Waals surface area contributed by atoms with Crippen LogP contribution in [0, 0.1) is 0 Å². The first kappa shape index (κ1) is 20.7. The highest BCUT2D eigenvalue weighted by Crippen LogP contribution is 2.33. The number of hydrogen-bond acceptors (Lipinski definition) is 6. The summed E-state index contributed by atoms with van der Waals surface area (Å²) in [6.07, 6.45) is 0. The van der Waals surface area contributed by atoms with Crippen LogP contribution in [0.25, 0.3) is 11.3 Å². The summed E-state index contributed by atoms with van der Waals surface area (Å²) >= 11 is 1.51. The minimum atomic E-state index is 0.117. The van der Waals surface area contributed by atoms with Gasteiger partial charge in [-0.1, -0.05) is 12.1 Å². The lowest BCUT2D eigenvalue weighted by atomic mass is 10.1. The highest BCUT2D eigenvalue weighted by Gasteiger charge is 2.15. The summed E-state index contributed by atoms with van der Waals surface area (Å²) < 4.78 is 12.7. The summed E-state index contributed by atoms with van der Waals surface area (Å²) in [6.45, 7) is 5.92. The predicted molar refractivity (Wildman–Crippen MR) is 117 cm³/mol. The number of benzene rings is 2. The average Bonchev–Trinajstić information content (AvgIpc) is 3.08. The Balaban J connectivity index is 2.23. The zero-order valence-electron chi connectivity index (χ0n) is 17.2. The molecule has 1 heterocycles. The standard InChI is InChI=1S/C22H25N3O3S/c1-14(2)23-22-25(24-15(3)17-8-6-7-9-20(17)26)19(13-29-22)18-11-10-16(27-4)12-21(18)28-5/h6-14,26H,1-5H3. The van der Waals surface area contributed by atoms with Crippen LogP contribution in [0.5, 0.6) is 17.2 Å². The van der Waals surface area contributed by atoms with Gasteiger partial charge in [0, 0.05) is 28.6 Å². The van der Waals surface area contributed by atoms with Gasteiger partial charge in [-0.3, -0.25) is 4.99 Å². The van der Waals surface area contributed by atoms with Gasteiger partial charge in [-0.05, 0) is 45.0 Å². The first-order chi connectivity index (χ1) is 13.9. The predicted octanol–water partition coefficient (Wildman–Crippen LogP) is 4.52. The molecule has 152 valence electrons. The molecule has 0 radical (unpaired) electrons. The van der Waals surface area contributed by atoms with E-state index in [9.17, 15) is 5.11 Å². The molecule has 7 heteroatoms. The van der Waals surface area contributed by atoms with Crippen LogP contribution < -0.4 is 14.3 Å². The molecule has 0 aliphatic rings. The van der Waals surface area contributed by atoms with Gasteiger partial charge in [-0.15, -0.1) is 11.3 Å². The Morgan fingerprint density at radius 3 is 2.52 bits per heavy atom. The molecule has 3 rings (SSSR count). The van der Waals surface area contributed by atoms with Gasteiger partial charge in [-0.2, -0.15) is 5.10 Å². The highest BCUT2D eigenvalue weighted by molar-refractivity contribution is 7.07. The van der Waals surface area contributed by atoms with E-state index in [2.05, 4.69) is 0 Å². The number of aromatic hydroxyl groups is 1. The first-order valence-electron chi connectivity index (χ1n) is 9.25. The molecule has 0 fully saturated rings. The number of aromatic nitrogens is 1. The number of hydrogen-bond donors (Lipinski definition) is 1. The van der Waals surface area contributed by atoms with Gasteiger partial charge in [0.05, 0.1) is 25.6 Å². The van der Waals surface area contributed by atoms with Gasteiger partial charge >= 0.3 is 0 Å². The number of nitrogens with zero attached hydrogens (tertiary/aromatic N) is 3. The van der Waals surface area contributed by atoms with E-state index < -0.39 is 0 Å². The SMILES string of the molecule is COc1ccc(-c2csc(=NC(C)C)n2N=C(C)c2ccccc2O)c(OC)c1. The van der Waals surface area contributed by atoms with Gasteiger partial charge in [0.15, 0.2) is 0 Å². The number of rotatable bonds is 6. The lowest BCUT2D eigenvalue weighted by Crippen LogP contribution is -2.16. The minimum absolute atomic E-state index is 0.117. The Kier molecular flexibility index (Phi) is 6.39. The van der Waals surface area contributed by atoms with E-state index in [4.69, 9.17) is 19.6 Å². The molecule has 0 atom stereocenters. The number of phenolic OH excluding ortho intramolecular Hbond substituents is 1. The van der Waals surface area contributed by atoms with Crippen molar-refractivity contribution in [1.29, 1.82) is 0 Å². The summed E-state index contributed by atoms with van der Waals surface area (Å²) in [6, 6.07) is 12.9. The van der Waals surface area contributed by atoms with Crippen molar-refractivity contribution in [3.8, 4) is 28.5 Å². The van der Waals surface area contributed by atoms with Gasteiger partial charge in [0.25, 0.3) is 0 Å². The van der Waals surface area contributed by atoms with Crippen molar-refractivity contribution < 1.29 is 14.6 Å². The molecule has 29 heavy (non-hydrogen) atoms. The van der Waals surface area contributed by atoms with Crippen molar-refractivity contribution in [1.82, 2.24) is 4.68 Å². The lowest BCUT2D eigenvalue weighted by Gasteiger charge is -2.12. The Hall–Kier alpha value is -3.06. The smallest absolute Gasteiger partial charge is 0.206 e. The Bertz CT molecular complexity index is 1100. The monoisotopic (exact) mass is 411 g/mol. The minimum Gasteiger partial charge on any atom is -0.507 e. The zero-order chi connectivity index (χ0) is 21.0. The van der Waals surface area contributed by atoms with E-state index in [1.165, 1.54) is 11.3 Å². The summed E-state index contributed by atoms with van der Waals surface area (Å²) in [4.78, 5) is 5.48. The third-order valence-corrected chi connectivity index (χ3v) is 5.11. The van der Waals surface area contributed by atoms with E-state index in [-0.39, 0.29) is 11.8 Å².